The van der Waals surface area contributed by atoms with Crippen LogP contribution >= 0.6 is 0 Å². The molecule has 2 amide bonds. The van der Waals surface area contributed by atoms with Crippen molar-refractivity contribution < 1.29 is 19.4 Å². The number of hydrogen-bond acceptors (Lipinski definition) is 5. The molecular formula is C19H29N3O4. The van der Waals surface area contributed by atoms with Crippen molar-refractivity contribution in [1.29, 1.82) is 0 Å². The number of likely N-dealkylation sites (tertiary alicyclic amines) is 1. The second kappa shape index (κ2) is 9.09. The molecule has 2 N–H and O–H groups in total. The maximum absolute atomic E-state index is 12.0. The number of benzene rings is 1. The van der Waals surface area contributed by atoms with Gasteiger partial charge in [0.05, 0.1) is 7.11 Å². The first kappa shape index (κ1) is 18.8. The number of aliphatic hydroxyl groups excluding tert-OH is 1. The highest BCUT2D eigenvalue weighted by atomic mass is 16.5. The molecule has 2 aliphatic heterocycles. The monoisotopic (exact) mass is 363 g/mol. The van der Waals surface area contributed by atoms with Crippen LogP contribution in [0.25, 0.3) is 0 Å². The van der Waals surface area contributed by atoms with Crippen LogP contribution in [0, 0.1) is 0 Å². The number of β-amino-alcohol motifs (C(OH)–C–C–N with tert-alkyl or cyclic N) is 1. The highest BCUT2D eigenvalue weighted by Crippen LogP contribution is 2.26. The summed E-state index contributed by atoms with van der Waals surface area (Å²) in [5.41, 5.74) is 0. The second-order valence-corrected chi connectivity index (χ2v) is 6.93. The topological polar surface area (TPSA) is 74.3 Å². The molecule has 1 unspecified atom stereocenters. The maximum Gasteiger partial charge on any atom is 0.317 e. The number of para-hydroxylation sites is 2. The van der Waals surface area contributed by atoms with Crippen molar-refractivity contribution in [3.8, 4) is 11.5 Å². The molecule has 1 atom stereocenters. The summed E-state index contributed by atoms with van der Waals surface area (Å²) in [5.74, 6) is 1.31. The van der Waals surface area contributed by atoms with Crippen molar-refractivity contribution in [2.75, 3.05) is 46.4 Å². The first-order valence-corrected chi connectivity index (χ1v) is 9.38. The van der Waals surface area contributed by atoms with E-state index in [9.17, 15) is 9.90 Å². The Hall–Kier alpha value is -1.99. The smallest absolute Gasteiger partial charge is 0.317 e. The Morgan fingerprint density at radius 1 is 1.23 bits per heavy atom. The molecule has 0 bridgehead atoms. The van der Waals surface area contributed by atoms with Crippen molar-refractivity contribution in [3.63, 3.8) is 0 Å². The number of ether oxygens (including phenoxy) is 2. The van der Waals surface area contributed by atoms with Gasteiger partial charge >= 0.3 is 6.03 Å². The van der Waals surface area contributed by atoms with Gasteiger partial charge in [0.2, 0.25) is 0 Å². The number of carbonyl (C=O) groups is 1. The quantitative estimate of drug-likeness (QED) is 0.764. The summed E-state index contributed by atoms with van der Waals surface area (Å²) in [5, 5.41) is 13.2. The van der Waals surface area contributed by atoms with Gasteiger partial charge in [-0.15, -0.1) is 0 Å². The van der Waals surface area contributed by atoms with Gasteiger partial charge < -0.3 is 29.7 Å². The largest absolute Gasteiger partial charge is 0.493 e. The SMILES string of the molecule is COc1ccccc1OCC(O)CN1CCC(N2CCCNC2=O)CC1. The first-order chi connectivity index (χ1) is 12.7. The van der Waals surface area contributed by atoms with Crippen LogP contribution in [0.4, 0.5) is 4.79 Å². The minimum Gasteiger partial charge on any atom is -0.493 e. The van der Waals surface area contributed by atoms with Gasteiger partial charge in [0.25, 0.3) is 0 Å². The fourth-order valence-corrected chi connectivity index (χ4v) is 3.68. The summed E-state index contributed by atoms with van der Waals surface area (Å²) >= 11 is 0. The summed E-state index contributed by atoms with van der Waals surface area (Å²) in [7, 11) is 1.60. The van der Waals surface area contributed by atoms with Gasteiger partial charge in [0.1, 0.15) is 12.7 Å². The van der Waals surface area contributed by atoms with E-state index < -0.39 is 6.10 Å². The van der Waals surface area contributed by atoms with E-state index in [1.807, 2.05) is 29.2 Å². The number of amides is 2. The standard InChI is InChI=1S/C19H29N3O4/c1-25-17-5-2-3-6-18(17)26-14-16(23)13-21-11-7-15(8-12-21)22-10-4-9-20-19(22)24/h2-3,5-6,15-16,23H,4,7-14H2,1H3,(H,20,24). The Morgan fingerprint density at radius 3 is 2.65 bits per heavy atom. The molecule has 2 aliphatic rings. The second-order valence-electron chi connectivity index (χ2n) is 6.93. The number of aliphatic hydroxyl groups is 1. The number of rotatable bonds is 7. The van der Waals surface area contributed by atoms with Crippen molar-refractivity contribution >= 4 is 6.03 Å². The molecular weight excluding hydrogens is 334 g/mol. The fourth-order valence-electron chi connectivity index (χ4n) is 3.68. The molecule has 2 fully saturated rings. The molecule has 0 aromatic heterocycles. The van der Waals surface area contributed by atoms with Crippen LogP contribution in [0.3, 0.4) is 0 Å². The zero-order chi connectivity index (χ0) is 18.4. The molecule has 0 spiro atoms. The Morgan fingerprint density at radius 2 is 1.96 bits per heavy atom. The van der Waals surface area contributed by atoms with Crippen molar-refractivity contribution in [2.24, 2.45) is 0 Å². The number of urea groups is 1. The fraction of sp³-hybridized carbons (Fsp3) is 0.632. The number of carbonyl (C=O) groups excluding carboxylic acids is 1. The van der Waals surface area contributed by atoms with Crippen LogP contribution in [0.5, 0.6) is 11.5 Å². The molecule has 0 saturated carbocycles. The number of nitrogens with one attached hydrogen (secondary N) is 1. The van der Waals surface area contributed by atoms with Gasteiger partial charge in [-0.1, -0.05) is 12.1 Å². The molecule has 26 heavy (non-hydrogen) atoms. The lowest BCUT2D eigenvalue weighted by Gasteiger charge is -2.40. The van der Waals surface area contributed by atoms with Crippen LogP contribution in [0.15, 0.2) is 24.3 Å². The minimum absolute atomic E-state index is 0.0694. The number of hydrogen-bond donors (Lipinski definition) is 2. The third-order valence-electron chi connectivity index (χ3n) is 5.08. The predicted octanol–water partition coefficient (Wildman–Crippen LogP) is 1.31. The summed E-state index contributed by atoms with van der Waals surface area (Å²) in [6.45, 7) is 4.22. The Balaban J connectivity index is 1.40. The van der Waals surface area contributed by atoms with Crippen molar-refractivity contribution in [1.82, 2.24) is 15.1 Å². The van der Waals surface area contributed by atoms with E-state index in [1.165, 1.54) is 0 Å². The maximum atomic E-state index is 12.0. The number of piperidine rings is 1. The first-order valence-electron chi connectivity index (χ1n) is 9.38. The third kappa shape index (κ3) is 4.80. The molecule has 3 rings (SSSR count). The van der Waals surface area contributed by atoms with E-state index in [0.29, 0.717) is 24.1 Å². The number of methoxy groups -OCH3 is 1. The molecule has 0 aliphatic carbocycles. The lowest BCUT2D eigenvalue weighted by atomic mass is 10.0. The zero-order valence-corrected chi connectivity index (χ0v) is 15.4. The highest BCUT2D eigenvalue weighted by Gasteiger charge is 2.29. The van der Waals surface area contributed by atoms with E-state index in [1.54, 1.807) is 7.11 Å². The highest BCUT2D eigenvalue weighted by molar-refractivity contribution is 5.75. The van der Waals surface area contributed by atoms with E-state index in [0.717, 1.165) is 45.4 Å². The van der Waals surface area contributed by atoms with E-state index >= 15 is 0 Å². The van der Waals surface area contributed by atoms with Gasteiger partial charge in [0, 0.05) is 38.8 Å². The number of nitrogens with zero attached hydrogens (tertiary/aromatic N) is 2. The molecule has 7 heteroatoms. The summed E-state index contributed by atoms with van der Waals surface area (Å²) in [4.78, 5) is 16.2. The van der Waals surface area contributed by atoms with Gasteiger partial charge in [-0.2, -0.15) is 0 Å². The van der Waals surface area contributed by atoms with E-state index in [2.05, 4.69) is 10.2 Å². The third-order valence-corrected chi connectivity index (χ3v) is 5.08. The van der Waals surface area contributed by atoms with Crippen molar-refractivity contribution in [3.05, 3.63) is 24.3 Å². The average molecular weight is 363 g/mol. The van der Waals surface area contributed by atoms with Gasteiger partial charge in [-0.3, -0.25) is 0 Å². The Bertz CT molecular complexity index is 590. The molecule has 0 radical (unpaired) electrons. The van der Waals surface area contributed by atoms with Crippen LogP contribution < -0.4 is 14.8 Å². The van der Waals surface area contributed by atoms with Gasteiger partial charge in [-0.25, -0.2) is 4.79 Å². The lowest BCUT2D eigenvalue weighted by molar-refractivity contribution is 0.0468. The Kier molecular flexibility index (Phi) is 6.57. The van der Waals surface area contributed by atoms with Crippen LogP contribution in [0.1, 0.15) is 19.3 Å². The molecule has 2 heterocycles. The van der Waals surface area contributed by atoms with Crippen LogP contribution in [-0.4, -0.2) is 79.5 Å². The van der Waals surface area contributed by atoms with Crippen LogP contribution in [-0.2, 0) is 0 Å². The summed E-state index contributed by atoms with van der Waals surface area (Å²) in [6.07, 6.45) is 2.36. The molecule has 144 valence electrons. The van der Waals surface area contributed by atoms with Gasteiger partial charge in [0.15, 0.2) is 11.5 Å². The predicted molar refractivity (Wildman–Crippen MR) is 98.7 cm³/mol. The summed E-state index contributed by atoms with van der Waals surface area (Å²) < 4.78 is 11.0. The van der Waals surface area contributed by atoms with E-state index in [4.69, 9.17) is 9.47 Å². The molecule has 1 aromatic carbocycles. The zero-order valence-electron chi connectivity index (χ0n) is 15.4. The lowest BCUT2D eigenvalue weighted by Crippen LogP contribution is -2.54. The van der Waals surface area contributed by atoms with Crippen molar-refractivity contribution in [2.45, 2.75) is 31.4 Å². The summed E-state index contributed by atoms with van der Waals surface area (Å²) in [6, 6.07) is 7.82. The molecule has 1 aromatic rings. The average Bonchev–Trinajstić information content (AvgIpc) is 2.68. The minimum atomic E-state index is -0.560. The molecule has 7 nitrogen and oxygen atoms in total. The normalized spacial score (nSPS) is 20.5. The van der Waals surface area contributed by atoms with E-state index in [-0.39, 0.29) is 12.6 Å². The molecule has 2 saturated heterocycles. The van der Waals surface area contributed by atoms with Crippen LogP contribution in [0.2, 0.25) is 0 Å². The van der Waals surface area contributed by atoms with Gasteiger partial charge in [-0.05, 0) is 31.4 Å². The Labute approximate surface area is 154 Å².